The van der Waals surface area contributed by atoms with E-state index in [0.29, 0.717) is 6.42 Å². The molecule has 0 aliphatic carbocycles. The van der Waals surface area contributed by atoms with Gasteiger partial charge in [-0.15, -0.1) is 0 Å². The minimum absolute atomic E-state index is 0.0532. The van der Waals surface area contributed by atoms with Crippen molar-refractivity contribution in [2.45, 2.75) is 12.5 Å². The molecule has 0 bridgehead atoms. The molecule has 0 aliphatic heterocycles. The van der Waals surface area contributed by atoms with E-state index in [9.17, 15) is 4.79 Å². The summed E-state index contributed by atoms with van der Waals surface area (Å²) >= 11 is 0. The van der Waals surface area contributed by atoms with Crippen molar-refractivity contribution < 1.29 is 9.90 Å². The van der Waals surface area contributed by atoms with E-state index in [0.717, 1.165) is 16.5 Å². The van der Waals surface area contributed by atoms with Crippen LogP contribution < -0.4 is 16.1 Å². The van der Waals surface area contributed by atoms with Crippen LogP contribution in [0, 0.1) is 0 Å². The Morgan fingerprint density at radius 1 is 1.20 bits per heavy atom. The van der Waals surface area contributed by atoms with Gasteiger partial charge in [-0.2, -0.15) is 0 Å². The summed E-state index contributed by atoms with van der Waals surface area (Å²) in [6.45, 7) is -0.0532. The summed E-state index contributed by atoms with van der Waals surface area (Å²) < 4.78 is 0. The molecule has 2 rings (SSSR count). The van der Waals surface area contributed by atoms with Gasteiger partial charge in [0.25, 0.3) is 5.91 Å². The Kier molecular flexibility index (Phi) is 4.98. The van der Waals surface area contributed by atoms with Crippen LogP contribution in [-0.2, 0) is 4.79 Å². The smallest absolute Gasteiger partial charge is 0.255 e. The first kappa shape index (κ1) is 14.4. The van der Waals surface area contributed by atoms with E-state index in [-0.39, 0.29) is 12.5 Å². The minimum Gasteiger partial charge on any atom is -0.396 e. The highest BCUT2D eigenvalue weighted by atomic mass is 16.3. The summed E-state index contributed by atoms with van der Waals surface area (Å²) in [5, 5.41) is 17.1. The van der Waals surface area contributed by atoms with Crippen molar-refractivity contribution in [3.63, 3.8) is 0 Å². The first-order chi connectivity index (χ1) is 9.74. The number of aliphatic hydroxyl groups is 1. The van der Waals surface area contributed by atoms with E-state index in [4.69, 9.17) is 5.11 Å². The lowest BCUT2D eigenvalue weighted by molar-refractivity contribution is -0.122. The fraction of sp³-hybridized carbons (Fsp3) is 0.214. The maximum atomic E-state index is 11.9. The van der Waals surface area contributed by atoms with E-state index in [1.165, 1.54) is 0 Å². The van der Waals surface area contributed by atoms with E-state index in [2.05, 4.69) is 16.1 Å². The van der Waals surface area contributed by atoms with E-state index in [1.54, 1.807) is 7.98 Å². The van der Waals surface area contributed by atoms with Gasteiger partial charge in [0.1, 0.15) is 6.04 Å². The van der Waals surface area contributed by atoms with Gasteiger partial charge in [-0.05, 0) is 29.3 Å². The first-order valence-electron chi connectivity index (χ1n) is 6.57. The van der Waals surface area contributed by atoms with Crippen molar-refractivity contribution in [1.82, 2.24) is 10.8 Å². The number of anilines is 1. The van der Waals surface area contributed by atoms with E-state index in [1.807, 2.05) is 42.5 Å². The average Bonchev–Trinajstić information content (AvgIpc) is 2.47. The standard InChI is InChI=1S/C14H18BN3O2/c15-18-17-14(20)13(7-8-19)16-12-6-5-10-3-1-2-4-11(10)9-12/h1-6,9,13,16,18-19H,7-8,15H2,(H,17,20). The van der Waals surface area contributed by atoms with Gasteiger partial charge < -0.3 is 15.8 Å². The van der Waals surface area contributed by atoms with Crippen molar-refractivity contribution in [2.24, 2.45) is 0 Å². The third kappa shape index (κ3) is 3.49. The summed E-state index contributed by atoms with van der Waals surface area (Å²) in [5.74, 6) is -0.199. The quantitative estimate of drug-likeness (QED) is 0.446. The molecule has 0 spiro atoms. The number of hydrazine groups is 1. The summed E-state index contributed by atoms with van der Waals surface area (Å²) in [7, 11) is 1.63. The predicted octanol–water partition coefficient (Wildman–Crippen LogP) is 0.172. The molecule has 1 atom stereocenters. The lowest BCUT2D eigenvalue weighted by Gasteiger charge is -2.18. The topological polar surface area (TPSA) is 73.4 Å². The summed E-state index contributed by atoms with van der Waals surface area (Å²) in [5.41, 5.74) is 3.38. The molecule has 0 aliphatic rings. The molecule has 20 heavy (non-hydrogen) atoms. The Hall–Kier alpha value is -2.05. The van der Waals surface area contributed by atoms with Gasteiger partial charge in [0.2, 0.25) is 7.98 Å². The van der Waals surface area contributed by atoms with E-state index >= 15 is 0 Å². The van der Waals surface area contributed by atoms with Crippen LogP contribution in [0.25, 0.3) is 10.8 Å². The number of amides is 1. The van der Waals surface area contributed by atoms with Gasteiger partial charge in [0.05, 0.1) is 0 Å². The molecule has 2 aromatic carbocycles. The Labute approximate surface area is 118 Å². The summed E-state index contributed by atoms with van der Waals surface area (Å²) in [6.07, 6.45) is 0.348. The minimum atomic E-state index is -0.478. The molecule has 0 saturated carbocycles. The average molecular weight is 271 g/mol. The third-order valence-corrected chi connectivity index (χ3v) is 3.07. The molecule has 5 nitrogen and oxygen atoms in total. The van der Waals surface area contributed by atoms with Gasteiger partial charge in [-0.25, -0.2) is 0 Å². The molecule has 104 valence electrons. The molecule has 2 aromatic rings. The molecule has 4 N–H and O–H groups in total. The van der Waals surface area contributed by atoms with Gasteiger partial charge in [0, 0.05) is 12.3 Å². The summed E-state index contributed by atoms with van der Waals surface area (Å²) in [4.78, 5) is 11.9. The third-order valence-electron chi connectivity index (χ3n) is 3.07. The van der Waals surface area contributed by atoms with Gasteiger partial charge >= 0.3 is 0 Å². The molecular formula is C14H18BN3O2. The lowest BCUT2D eigenvalue weighted by Crippen LogP contribution is -2.45. The molecule has 6 heteroatoms. The second-order valence-electron chi connectivity index (χ2n) is 4.51. The second kappa shape index (κ2) is 6.93. The number of hydrogen-bond acceptors (Lipinski definition) is 4. The SMILES string of the molecule is BNNC(=O)C(CCO)Nc1ccc2ccccc2c1. The fourth-order valence-corrected chi connectivity index (χ4v) is 2.09. The molecule has 0 aromatic heterocycles. The van der Waals surface area contributed by atoms with Gasteiger partial charge in [-0.3, -0.25) is 10.1 Å². The fourth-order valence-electron chi connectivity index (χ4n) is 2.09. The molecule has 0 fully saturated rings. The number of rotatable bonds is 6. The van der Waals surface area contributed by atoms with Crippen LogP contribution in [0.5, 0.6) is 0 Å². The lowest BCUT2D eigenvalue weighted by atomic mass is 10.1. The Balaban J connectivity index is 2.17. The highest BCUT2D eigenvalue weighted by Crippen LogP contribution is 2.19. The van der Waals surface area contributed by atoms with Crippen molar-refractivity contribution in [1.29, 1.82) is 0 Å². The largest absolute Gasteiger partial charge is 0.396 e. The normalized spacial score (nSPS) is 12.1. The number of benzene rings is 2. The highest BCUT2D eigenvalue weighted by Gasteiger charge is 2.17. The Bertz CT molecular complexity index is 591. The number of carbonyl (C=O) groups excluding carboxylic acids is 1. The van der Waals surface area contributed by atoms with Crippen LogP contribution >= 0.6 is 0 Å². The molecule has 0 radical (unpaired) electrons. The van der Waals surface area contributed by atoms with Gasteiger partial charge in [0.15, 0.2) is 0 Å². The predicted molar refractivity (Wildman–Crippen MR) is 82.9 cm³/mol. The monoisotopic (exact) mass is 271 g/mol. The van der Waals surface area contributed by atoms with Crippen molar-refractivity contribution in [2.75, 3.05) is 11.9 Å². The maximum Gasteiger partial charge on any atom is 0.255 e. The van der Waals surface area contributed by atoms with Crippen LogP contribution in [-0.4, -0.2) is 31.6 Å². The maximum absolute atomic E-state index is 11.9. The zero-order valence-corrected chi connectivity index (χ0v) is 11.4. The molecular weight excluding hydrogens is 253 g/mol. The number of aliphatic hydroxyl groups excluding tert-OH is 1. The Morgan fingerprint density at radius 3 is 2.65 bits per heavy atom. The van der Waals surface area contributed by atoms with Crippen LogP contribution in [0.2, 0.25) is 0 Å². The highest BCUT2D eigenvalue weighted by molar-refractivity contribution is 6.05. The van der Waals surface area contributed by atoms with Crippen molar-refractivity contribution in [3.05, 3.63) is 42.5 Å². The zero-order chi connectivity index (χ0) is 14.4. The second-order valence-corrected chi connectivity index (χ2v) is 4.51. The van der Waals surface area contributed by atoms with Crippen molar-refractivity contribution in [3.8, 4) is 0 Å². The summed E-state index contributed by atoms with van der Waals surface area (Å²) in [6, 6.07) is 13.5. The zero-order valence-electron chi connectivity index (χ0n) is 11.4. The van der Waals surface area contributed by atoms with E-state index < -0.39 is 6.04 Å². The molecule has 1 amide bonds. The first-order valence-corrected chi connectivity index (χ1v) is 6.57. The number of hydrogen-bond donors (Lipinski definition) is 4. The number of carbonyl (C=O) groups is 1. The molecule has 0 heterocycles. The number of fused-ring (bicyclic) bond motifs is 1. The van der Waals surface area contributed by atoms with Crippen LogP contribution in [0.3, 0.4) is 0 Å². The van der Waals surface area contributed by atoms with Crippen molar-refractivity contribution >= 4 is 30.3 Å². The molecule has 0 saturated heterocycles. The van der Waals surface area contributed by atoms with Crippen LogP contribution in [0.1, 0.15) is 6.42 Å². The van der Waals surface area contributed by atoms with Crippen LogP contribution in [0.15, 0.2) is 42.5 Å². The Morgan fingerprint density at radius 2 is 1.95 bits per heavy atom. The molecule has 1 unspecified atom stereocenters. The van der Waals surface area contributed by atoms with Gasteiger partial charge in [-0.1, -0.05) is 30.3 Å². The number of nitrogens with one attached hydrogen (secondary N) is 3. The van der Waals surface area contributed by atoms with Crippen LogP contribution in [0.4, 0.5) is 5.69 Å².